The molecule has 5 rings (SSSR count). The molecule has 2 N–H and O–H groups in total. The van der Waals surface area contributed by atoms with Gasteiger partial charge < -0.3 is 20.1 Å². The molecule has 2 aliphatic heterocycles. The van der Waals surface area contributed by atoms with Crippen molar-refractivity contribution in [1.82, 2.24) is 10.2 Å². The fourth-order valence-corrected chi connectivity index (χ4v) is 7.49. The molecule has 0 spiro atoms. The van der Waals surface area contributed by atoms with Gasteiger partial charge in [-0.3, -0.25) is 0 Å². The van der Waals surface area contributed by atoms with Crippen LogP contribution in [0.15, 0.2) is 52.9 Å². The zero-order chi connectivity index (χ0) is 26.2. The molecule has 2 atom stereocenters. The number of ether oxygens (including phenoxy) is 1. The van der Waals surface area contributed by atoms with E-state index in [0.717, 1.165) is 32.0 Å². The second-order valence-electron chi connectivity index (χ2n) is 10.9. The number of amidine groups is 1. The predicted molar refractivity (Wildman–Crippen MR) is 141 cm³/mol. The number of hydrogen-bond acceptors (Lipinski definition) is 6. The summed E-state index contributed by atoms with van der Waals surface area (Å²) in [5.41, 5.74) is 1.05. The van der Waals surface area contributed by atoms with Crippen molar-refractivity contribution in [1.29, 1.82) is 0 Å². The number of rotatable bonds is 7. The number of sulfonamides is 1. The number of halogens is 1. The topological polar surface area (TPSA) is 91.2 Å². The number of benzene rings is 2. The summed E-state index contributed by atoms with van der Waals surface area (Å²) in [6.45, 7) is 5.48. The Morgan fingerprint density at radius 3 is 2.32 bits per heavy atom. The summed E-state index contributed by atoms with van der Waals surface area (Å²) in [5, 5.41) is 11.4. The zero-order valence-electron chi connectivity index (χ0n) is 21.4. The second-order valence-corrected chi connectivity index (χ2v) is 12.6. The summed E-state index contributed by atoms with van der Waals surface area (Å²) in [6, 6.07) is 13.9. The Balaban J connectivity index is 1.33. The second kappa shape index (κ2) is 10.3. The van der Waals surface area contributed by atoms with E-state index in [9.17, 15) is 17.9 Å². The van der Waals surface area contributed by atoms with Crippen molar-refractivity contribution in [2.75, 3.05) is 19.7 Å². The van der Waals surface area contributed by atoms with Gasteiger partial charge in [-0.25, -0.2) is 12.8 Å². The van der Waals surface area contributed by atoms with Crippen LogP contribution in [0.25, 0.3) is 0 Å². The molecule has 7 nitrogen and oxygen atoms in total. The Bertz CT molecular complexity index is 1240. The molecule has 0 radical (unpaired) electrons. The average Bonchev–Trinajstić information content (AvgIpc) is 3.69. The minimum atomic E-state index is -4.00. The number of nitrogens with one attached hydrogen (secondary N) is 1. The lowest BCUT2D eigenvalue weighted by molar-refractivity contribution is 0.0759. The van der Waals surface area contributed by atoms with Crippen molar-refractivity contribution in [3.8, 4) is 0 Å². The first-order valence-electron chi connectivity index (χ1n) is 13.2. The first-order valence-corrected chi connectivity index (χ1v) is 14.7. The molecule has 9 heteroatoms. The van der Waals surface area contributed by atoms with Gasteiger partial charge in [-0.2, -0.15) is 0 Å². The highest BCUT2D eigenvalue weighted by Crippen LogP contribution is 2.41. The van der Waals surface area contributed by atoms with Crippen LogP contribution in [-0.4, -0.2) is 55.8 Å². The molecule has 0 bridgehead atoms. The van der Waals surface area contributed by atoms with Gasteiger partial charge in [0.2, 0.25) is 0 Å². The van der Waals surface area contributed by atoms with E-state index < -0.39 is 32.7 Å². The van der Waals surface area contributed by atoms with Crippen LogP contribution in [0.3, 0.4) is 0 Å². The normalized spacial score (nSPS) is 24.6. The Morgan fingerprint density at radius 2 is 1.73 bits per heavy atom. The predicted octanol–water partition coefficient (Wildman–Crippen LogP) is 4.42. The van der Waals surface area contributed by atoms with Gasteiger partial charge in [0.05, 0.1) is 6.04 Å². The van der Waals surface area contributed by atoms with E-state index in [0.29, 0.717) is 17.0 Å². The largest absolute Gasteiger partial charge is 0.457 e. The van der Waals surface area contributed by atoms with Crippen molar-refractivity contribution in [3.63, 3.8) is 0 Å². The monoisotopic (exact) mass is 529 g/mol. The fourth-order valence-electron chi connectivity index (χ4n) is 5.80. The van der Waals surface area contributed by atoms with Crippen molar-refractivity contribution in [2.24, 2.45) is 4.40 Å². The van der Waals surface area contributed by atoms with Gasteiger partial charge in [-0.05, 0) is 82.2 Å². The molecule has 1 unspecified atom stereocenters. The molecular formula is C28H36FN3O4S. The van der Waals surface area contributed by atoms with Crippen LogP contribution in [0.1, 0.15) is 79.9 Å². The molecule has 200 valence electrons. The van der Waals surface area contributed by atoms with Crippen LogP contribution in [0.2, 0.25) is 0 Å². The van der Waals surface area contributed by atoms with Crippen LogP contribution in [0.4, 0.5) is 4.39 Å². The van der Waals surface area contributed by atoms with E-state index >= 15 is 0 Å². The molecule has 3 aliphatic rings. The standard InChI is InChI=1S/C28H36FN3O4S/c1-28(2)26(21-9-7-19(8-10-21)20-13-16-32(17-14-20)22-11-12-22)37(34,35)31-27(36-28)30-25(15-18-33)23-5-3-4-6-24(23)29/h3-10,20,22,25-26,33H,11-18H2,1-2H3,(H,30,31)/t25-,26?/m0/s1. The smallest absolute Gasteiger partial charge is 0.301 e. The van der Waals surface area contributed by atoms with Gasteiger partial charge in [0.25, 0.3) is 10.0 Å². The van der Waals surface area contributed by atoms with Crippen molar-refractivity contribution in [3.05, 3.63) is 71.0 Å². The maximum atomic E-state index is 14.4. The van der Waals surface area contributed by atoms with Crippen molar-refractivity contribution in [2.45, 2.75) is 74.8 Å². The number of piperidine rings is 1. The summed E-state index contributed by atoms with van der Waals surface area (Å²) in [4.78, 5) is 2.60. The number of aliphatic hydroxyl groups excluding tert-OH is 1. The van der Waals surface area contributed by atoms with Crippen LogP contribution >= 0.6 is 0 Å². The minimum absolute atomic E-state index is 0.161. The molecule has 0 aromatic heterocycles. The lowest BCUT2D eigenvalue weighted by Gasteiger charge is -2.38. The minimum Gasteiger partial charge on any atom is -0.457 e. The SMILES string of the molecule is CC1(C)OC(N[C@@H](CCO)c2ccccc2F)=NS(=O)(=O)C1c1ccc(C2CCN(C3CC3)CC2)cc1. The van der Waals surface area contributed by atoms with Crippen molar-refractivity contribution < 1.29 is 22.7 Å². The third kappa shape index (κ3) is 5.68. The summed E-state index contributed by atoms with van der Waals surface area (Å²) < 4.78 is 51.2. The molecule has 1 aliphatic carbocycles. The Hall–Kier alpha value is -2.49. The first kappa shape index (κ1) is 26.1. The molecule has 2 aromatic carbocycles. The molecule has 0 amide bonds. The Morgan fingerprint density at radius 1 is 1.08 bits per heavy atom. The van der Waals surface area contributed by atoms with Crippen LogP contribution in [0, 0.1) is 5.82 Å². The average molecular weight is 530 g/mol. The summed E-state index contributed by atoms with van der Waals surface area (Å²) in [5.74, 6) is 0.0371. The van der Waals surface area contributed by atoms with Crippen LogP contribution in [-0.2, 0) is 14.8 Å². The number of nitrogens with zero attached hydrogens (tertiary/aromatic N) is 2. The first-order chi connectivity index (χ1) is 17.7. The lowest BCUT2D eigenvalue weighted by Crippen LogP contribution is -2.47. The van der Waals surface area contributed by atoms with E-state index in [1.807, 2.05) is 24.3 Å². The van der Waals surface area contributed by atoms with Crippen LogP contribution < -0.4 is 5.32 Å². The third-order valence-corrected chi connectivity index (χ3v) is 9.65. The van der Waals surface area contributed by atoms with E-state index in [4.69, 9.17) is 4.74 Å². The van der Waals surface area contributed by atoms with Gasteiger partial charge in [0.15, 0.2) is 0 Å². The number of hydrogen-bond donors (Lipinski definition) is 2. The Labute approximate surface area is 218 Å². The van der Waals surface area contributed by atoms with Gasteiger partial charge in [0, 0.05) is 18.2 Å². The van der Waals surface area contributed by atoms with Crippen LogP contribution in [0.5, 0.6) is 0 Å². The summed E-state index contributed by atoms with van der Waals surface area (Å²) in [6.07, 6.45) is 5.08. The molecule has 2 aromatic rings. The summed E-state index contributed by atoms with van der Waals surface area (Å²) >= 11 is 0. The molecular weight excluding hydrogens is 493 g/mol. The number of aliphatic hydroxyl groups is 1. The van der Waals surface area contributed by atoms with Gasteiger partial charge in [-0.1, -0.05) is 42.5 Å². The Kier molecular flexibility index (Phi) is 7.31. The maximum absolute atomic E-state index is 14.4. The van der Waals surface area contributed by atoms with E-state index in [2.05, 4.69) is 14.6 Å². The highest BCUT2D eigenvalue weighted by molar-refractivity contribution is 7.90. The maximum Gasteiger partial charge on any atom is 0.301 e. The van der Waals surface area contributed by atoms with Gasteiger partial charge in [0.1, 0.15) is 16.7 Å². The lowest BCUT2D eigenvalue weighted by atomic mass is 9.88. The third-order valence-electron chi connectivity index (χ3n) is 7.80. The highest BCUT2D eigenvalue weighted by Gasteiger charge is 2.47. The fraction of sp³-hybridized carbons (Fsp3) is 0.536. The van der Waals surface area contributed by atoms with Gasteiger partial charge in [-0.15, -0.1) is 4.40 Å². The van der Waals surface area contributed by atoms with E-state index in [1.165, 1.54) is 24.5 Å². The van der Waals surface area contributed by atoms with E-state index in [-0.39, 0.29) is 19.0 Å². The van der Waals surface area contributed by atoms with E-state index in [1.54, 1.807) is 32.0 Å². The molecule has 2 heterocycles. The number of likely N-dealkylation sites (tertiary alicyclic amines) is 1. The van der Waals surface area contributed by atoms with Crippen molar-refractivity contribution >= 4 is 16.0 Å². The summed E-state index contributed by atoms with van der Waals surface area (Å²) in [7, 11) is -4.00. The quantitative estimate of drug-likeness (QED) is 0.552. The molecule has 37 heavy (non-hydrogen) atoms. The highest BCUT2D eigenvalue weighted by atomic mass is 32.2. The molecule has 2 fully saturated rings. The zero-order valence-corrected chi connectivity index (χ0v) is 22.3. The molecule has 1 saturated heterocycles. The van der Waals surface area contributed by atoms with Gasteiger partial charge >= 0.3 is 6.02 Å². The molecule has 1 saturated carbocycles.